The van der Waals surface area contributed by atoms with Crippen LogP contribution in [0.2, 0.25) is 0 Å². The fourth-order valence-corrected chi connectivity index (χ4v) is 4.20. The number of aliphatic imine (C=N–C) groups is 3. The first-order valence-corrected chi connectivity index (χ1v) is 14.4. The molecule has 0 unspecified atom stereocenters. The van der Waals surface area contributed by atoms with Crippen molar-refractivity contribution in [2.75, 3.05) is 18.8 Å². The van der Waals surface area contributed by atoms with Crippen LogP contribution in [-0.2, 0) is 4.79 Å². The Morgan fingerprint density at radius 2 is 1.70 bits per heavy atom. The SMILES string of the molecule is Cc1cccc(C)c1N=C(N/N=C/c1ccc(C(N)=NC=Nc2ccc(OC(F)(F)F)cc2)cc1)SCC(=O)NCCCN. The minimum Gasteiger partial charge on any atom is -0.406 e. The van der Waals surface area contributed by atoms with Crippen LogP contribution in [0.4, 0.5) is 24.5 Å². The molecule has 0 heterocycles. The van der Waals surface area contributed by atoms with Crippen molar-refractivity contribution in [3.05, 3.63) is 89.0 Å². The van der Waals surface area contributed by atoms with E-state index in [0.29, 0.717) is 35.9 Å². The number of nitrogens with two attached hydrogens (primary N) is 2. The molecule has 0 aliphatic rings. The van der Waals surface area contributed by atoms with Gasteiger partial charge in [0.05, 0.1) is 23.3 Å². The van der Waals surface area contributed by atoms with Crippen molar-refractivity contribution in [2.24, 2.45) is 31.5 Å². The van der Waals surface area contributed by atoms with E-state index in [9.17, 15) is 18.0 Å². The van der Waals surface area contributed by atoms with E-state index in [-0.39, 0.29) is 23.2 Å². The minimum atomic E-state index is -4.76. The summed E-state index contributed by atoms with van der Waals surface area (Å²) in [6, 6.07) is 18.0. The quantitative estimate of drug-likeness (QED) is 0.0953. The second kappa shape index (κ2) is 16.8. The van der Waals surface area contributed by atoms with Crippen molar-refractivity contribution in [1.29, 1.82) is 0 Å². The molecule has 0 aromatic heterocycles. The third kappa shape index (κ3) is 11.9. The number of rotatable bonds is 12. The average Bonchev–Trinajstić information content (AvgIpc) is 2.98. The normalized spacial score (nSPS) is 12.6. The molecular weight excluding hydrogens is 593 g/mol. The van der Waals surface area contributed by atoms with Gasteiger partial charge in [0, 0.05) is 12.1 Å². The van der Waals surface area contributed by atoms with Gasteiger partial charge in [0.15, 0.2) is 5.17 Å². The van der Waals surface area contributed by atoms with Crippen LogP contribution in [0, 0.1) is 13.8 Å². The van der Waals surface area contributed by atoms with Crippen LogP contribution in [0.1, 0.15) is 28.7 Å². The van der Waals surface area contributed by atoms with Gasteiger partial charge in [-0.3, -0.25) is 10.2 Å². The van der Waals surface area contributed by atoms with Crippen LogP contribution in [0.15, 0.2) is 86.8 Å². The van der Waals surface area contributed by atoms with Gasteiger partial charge in [0.2, 0.25) is 5.91 Å². The van der Waals surface area contributed by atoms with Crippen LogP contribution in [0.5, 0.6) is 5.75 Å². The summed E-state index contributed by atoms with van der Waals surface area (Å²) in [5.74, 6) is -0.123. The predicted molar refractivity (Wildman–Crippen MR) is 171 cm³/mol. The summed E-state index contributed by atoms with van der Waals surface area (Å²) in [6.07, 6.45) is -1.25. The summed E-state index contributed by atoms with van der Waals surface area (Å²) in [6.45, 7) is 4.95. The Morgan fingerprint density at radius 1 is 1.02 bits per heavy atom. The Hall–Kier alpha value is -4.69. The smallest absolute Gasteiger partial charge is 0.406 e. The van der Waals surface area contributed by atoms with E-state index in [4.69, 9.17) is 16.5 Å². The molecule has 0 bridgehead atoms. The van der Waals surface area contributed by atoms with Gasteiger partial charge in [0.1, 0.15) is 17.9 Å². The van der Waals surface area contributed by atoms with E-state index in [1.807, 2.05) is 32.0 Å². The number of alkyl halides is 3. The minimum absolute atomic E-state index is 0.128. The molecular formula is C30H33F3N8O2S. The number of nitrogens with one attached hydrogen (secondary N) is 2. The zero-order valence-corrected chi connectivity index (χ0v) is 25.0. The van der Waals surface area contributed by atoms with Gasteiger partial charge in [-0.1, -0.05) is 54.2 Å². The maximum atomic E-state index is 12.3. The first-order chi connectivity index (χ1) is 21.0. The monoisotopic (exact) mass is 626 g/mol. The zero-order chi connectivity index (χ0) is 32.0. The lowest BCUT2D eigenvalue weighted by atomic mass is 10.1. The van der Waals surface area contributed by atoms with Gasteiger partial charge in [-0.05, 0) is 67.8 Å². The molecule has 0 radical (unpaired) electrons. The molecule has 0 aliphatic carbocycles. The maximum Gasteiger partial charge on any atom is 0.573 e. The number of halogens is 3. The number of nitrogens with zero attached hydrogens (tertiary/aromatic N) is 4. The van der Waals surface area contributed by atoms with E-state index in [1.165, 1.54) is 30.2 Å². The fraction of sp³-hybridized carbons (Fsp3) is 0.233. The highest BCUT2D eigenvalue weighted by Crippen LogP contribution is 2.25. The number of carbonyl (C=O) groups is 1. The second-order valence-electron chi connectivity index (χ2n) is 9.23. The molecule has 0 saturated heterocycles. The average molecular weight is 627 g/mol. The Balaban J connectivity index is 1.63. The Labute approximate surface area is 257 Å². The topological polar surface area (TPSA) is 152 Å². The van der Waals surface area contributed by atoms with Crippen LogP contribution in [0.3, 0.4) is 0 Å². The summed E-state index contributed by atoms with van der Waals surface area (Å²) < 4.78 is 40.7. The van der Waals surface area contributed by atoms with Crippen molar-refractivity contribution in [3.63, 3.8) is 0 Å². The molecule has 14 heteroatoms. The zero-order valence-electron chi connectivity index (χ0n) is 24.1. The maximum absolute atomic E-state index is 12.3. The molecule has 10 nitrogen and oxygen atoms in total. The molecule has 0 atom stereocenters. The summed E-state index contributed by atoms with van der Waals surface area (Å²) in [5, 5.41) is 7.59. The third-order valence-electron chi connectivity index (χ3n) is 5.75. The van der Waals surface area contributed by atoms with Crippen LogP contribution < -0.4 is 26.9 Å². The molecule has 3 aromatic rings. The molecule has 6 N–H and O–H groups in total. The third-order valence-corrected chi connectivity index (χ3v) is 6.61. The van der Waals surface area contributed by atoms with Crippen LogP contribution >= 0.6 is 11.8 Å². The Morgan fingerprint density at radius 3 is 2.34 bits per heavy atom. The lowest BCUT2D eigenvalue weighted by Gasteiger charge is -2.09. The van der Waals surface area contributed by atoms with Gasteiger partial charge >= 0.3 is 6.36 Å². The summed E-state index contributed by atoms with van der Waals surface area (Å²) in [5.41, 5.74) is 19.0. The highest BCUT2D eigenvalue weighted by molar-refractivity contribution is 8.14. The summed E-state index contributed by atoms with van der Waals surface area (Å²) in [7, 11) is 0. The van der Waals surface area contributed by atoms with E-state index in [2.05, 4.69) is 30.6 Å². The van der Waals surface area contributed by atoms with Crippen molar-refractivity contribution in [1.82, 2.24) is 10.7 Å². The molecule has 0 aliphatic heterocycles. The second-order valence-corrected chi connectivity index (χ2v) is 10.2. The van der Waals surface area contributed by atoms with Crippen LogP contribution in [-0.4, -0.2) is 54.7 Å². The number of amides is 1. The van der Waals surface area contributed by atoms with E-state index < -0.39 is 6.36 Å². The number of carbonyl (C=O) groups excluding carboxylic acids is 1. The highest BCUT2D eigenvalue weighted by Gasteiger charge is 2.30. The van der Waals surface area contributed by atoms with Gasteiger partial charge < -0.3 is 21.5 Å². The molecule has 0 saturated carbocycles. The molecule has 0 spiro atoms. The number of hydrazone groups is 1. The summed E-state index contributed by atoms with van der Waals surface area (Å²) >= 11 is 1.24. The lowest BCUT2D eigenvalue weighted by Crippen LogP contribution is -2.28. The van der Waals surface area contributed by atoms with Crippen molar-refractivity contribution in [3.8, 4) is 5.75 Å². The van der Waals surface area contributed by atoms with Crippen molar-refractivity contribution >= 4 is 52.6 Å². The number of hydrogen-bond acceptors (Lipinski definition) is 7. The van der Waals surface area contributed by atoms with Gasteiger partial charge in [0.25, 0.3) is 0 Å². The van der Waals surface area contributed by atoms with Gasteiger partial charge in [-0.25, -0.2) is 15.0 Å². The first kappa shape index (κ1) is 33.8. The molecule has 232 valence electrons. The fourth-order valence-electron chi connectivity index (χ4n) is 3.56. The van der Waals surface area contributed by atoms with E-state index >= 15 is 0 Å². The highest BCUT2D eigenvalue weighted by atomic mass is 32.2. The predicted octanol–water partition coefficient (Wildman–Crippen LogP) is 5.08. The Kier molecular flexibility index (Phi) is 12.9. The molecule has 3 aromatic carbocycles. The standard InChI is InChI=1S/C30H33F3N8O2S/c1-20-5-3-6-21(2)27(20)40-29(44-18-26(42)36-16-4-15-34)41-39-17-22-7-9-23(10-8-22)28(35)38-19-37-24-11-13-25(14-12-24)43-30(31,32)33/h3,5-14,17,19H,4,15-16,18,34H2,1-2H3,(H,36,42)(H,40,41)(H2,35,37,38)/b39-17+. The van der Waals surface area contributed by atoms with Gasteiger partial charge in [-0.2, -0.15) is 5.10 Å². The lowest BCUT2D eigenvalue weighted by molar-refractivity contribution is -0.274. The number of benzene rings is 3. The van der Waals surface area contributed by atoms with Crippen molar-refractivity contribution in [2.45, 2.75) is 26.6 Å². The number of thioether (sulfide) groups is 1. The number of para-hydroxylation sites is 1. The number of ether oxygens (including phenoxy) is 1. The molecule has 1 amide bonds. The largest absolute Gasteiger partial charge is 0.573 e. The number of amidine groups is 2. The molecule has 44 heavy (non-hydrogen) atoms. The number of hydrogen-bond donors (Lipinski definition) is 4. The number of aryl methyl sites for hydroxylation is 2. The summed E-state index contributed by atoms with van der Waals surface area (Å²) in [4.78, 5) is 25.1. The van der Waals surface area contributed by atoms with E-state index in [0.717, 1.165) is 34.5 Å². The van der Waals surface area contributed by atoms with Crippen molar-refractivity contribution < 1.29 is 22.7 Å². The van der Waals surface area contributed by atoms with Gasteiger partial charge in [-0.15, -0.1) is 13.2 Å². The molecule has 0 fully saturated rings. The van der Waals surface area contributed by atoms with Crippen LogP contribution in [0.25, 0.3) is 0 Å². The molecule has 3 rings (SSSR count). The Bertz CT molecular complexity index is 1490. The van der Waals surface area contributed by atoms with E-state index in [1.54, 1.807) is 30.5 Å². The first-order valence-electron chi connectivity index (χ1n) is 13.4.